The van der Waals surface area contributed by atoms with Gasteiger partial charge in [0, 0.05) is 49.1 Å². The van der Waals surface area contributed by atoms with Crippen LogP contribution in [0.2, 0.25) is 0 Å². The van der Waals surface area contributed by atoms with E-state index in [1.807, 2.05) is 13.0 Å². The van der Waals surface area contributed by atoms with Crippen molar-refractivity contribution in [3.63, 3.8) is 0 Å². The molecule has 5 nitrogen and oxygen atoms in total. The zero-order valence-corrected chi connectivity index (χ0v) is 16.1. The van der Waals surface area contributed by atoms with Crippen molar-refractivity contribution in [2.75, 3.05) is 36.4 Å². The van der Waals surface area contributed by atoms with Gasteiger partial charge in [0.25, 0.3) is 0 Å². The van der Waals surface area contributed by atoms with Crippen molar-refractivity contribution in [3.8, 4) is 0 Å². The molecule has 0 aliphatic carbocycles. The molecule has 1 aliphatic heterocycles. The highest BCUT2D eigenvalue weighted by atomic mass is 19.1. The van der Waals surface area contributed by atoms with E-state index in [1.54, 1.807) is 24.4 Å². The van der Waals surface area contributed by atoms with Gasteiger partial charge < -0.3 is 10.2 Å². The molecular formula is C22H22F2N4O. The quantitative estimate of drug-likeness (QED) is 0.731. The number of benzene rings is 2. The van der Waals surface area contributed by atoms with Crippen LogP contribution < -0.4 is 10.2 Å². The van der Waals surface area contributed by atoms with Crippen LogP contribution in [0.5, 0.6) is 0 Å². The number of amides is 1. The van der Waals surface area contributed by atoms with E-state index in [9.17, 15) is 13.6 Å². The molecule has 1 amide bonds. The monoisotopic (exact) mass is 396 g/mol. The highest BCUT2D eigenvalue weighted by Gasteiger charge is 2.26. The lowest BCUT2D eigenvalue weighted by Crippen LogP contribution is -2.52. The van der Waals surface area contributed by atoms with Gasteiger partial charge in [0.05, 0.1) is 11.6 Å². The molecule has 1 aromatic heterocycles. The second-order valence-electron chi connectivity index (χ2n) is 7.19. The molecule has 29 heavy (non-hydrogen) atoms. The van der Waals surface area contributed by atoms with Crippen LogP contribution in [-0.4, -0.2) is 48.0 Å². The molecule has 1 N–H and O–H groups in total. The third-order valence-corrected chi connectivity index (χ3v) is 5.37. The second kappa shape index (κ2) is 8.13. The van der Waals surface area contributed by atoms with E-state index in [1.165, 1.54) is 24.3 Å². The SMILES string of the molecule is CC(C(=O)Nc1ccc(F)cc1)N1CCN(c2ccnc3ccc(F)cc23)CC1. The zero-order chi connectivity index (χ0) is 20.4. The van der Waals surface area contributed by atoms with E-state index >= 15 is 0 Å². The fourth-order valence-corrected chi connectivity index (χ4v) is 3.68. The van der Waals surface area contributed by atoms with Crippen LogP contribution in [-0.2, 0) is 4.79 Å². The van der Waals surface area contributed by atoms with Gasteiger partial charge in [-0.3, -0.25) is 14.7 Å². The summed E-state index contributed by atoms with van der Waals surface area (Å²) in [5.41, 5.74) is 2.29. The Morgan fingerprint density at radius 2 is 1.69 bits per heavy atom. The van der Waals surface area contributed by atoms with Crippen LogP contribution in [0.25, 0.3) is 10.9 Å². The Kier molecular flexibility index (Phi) is 5.40. The Hall–Kier alpha value is -3.06. The van der Waals surface area contributed by atoms with Crippen LogP contribution in [0.3, 0.4) is 0 Å². The number of nitrogens with one attached hydrogen (secondary N) is 1. The van der Waals surface area contributed by atoms with Crippen molar-refractivity contribution in [1.82, 2.24) is 9.88 Å². The molecule has 4 rings (SSSR count). The number of nitrogens with zero attached hydrogens (tertiary/aromatic N) is 3. The van der Waals surface area contributed by atoms with Gasteiger partial charge in [-0.05, 0) is 55.5 Å². The van der Waals surface area contributed by atoms with E-state index in [-0.39, 0.29) is 23.6 Å². The van der Waals surface area contributed by atoms with E-state index in [4.69, 9.17) is 0 Å². The zero-order valence-electron chi connectivity index (χ0n) is 16.1. The van der Waals surface area contributed by atoms with E-state index in [0.717, 1.165) is 29.7 Å². The van der Waals surface area contributed by atoms with Crippen molar-refractivity contribution in [2.45, 2.75) is 13.0 Å². The minimum atomic E-state index is -0.337. The lowest BCUT2D eigenvalue weighted by atomic mass is 10.1. The van der Waals surface area contributed by atoms with Crippen molar-refractivity contribution in [1.29, 1.82) is 0 Å². The fraction of sp³-hybridized carbons (Fsp3) is 0.273. The van der Waals surface area contributed by atoms with Crippen LogP contribution in [0.15, 0.2) is 54.7 Å². The molecule has 1 fully saturated rings. The van der Waals surface area contributed by atoms with Crippen molar-refractivity contribution in [2.24, 2.45) is 0 Å². The highest BCUT2D eigenvalue weighted by Crippen LogP contribution is 2.27. The maximum Gasteiger partial charge on any atom is 0.241 e. The molecule has 0 spiro atoms. The molecule has 3 aromatic rings. The predicted octanol–water partition coefficient (Wildman–Crippen LogP) is 3.66. The number of halogens is 2. The maximum absolute atomic E-state index is 13.7. The summed E-state index contributed by atoms with van der Waals surface area (Å²) in [6.07, 6.45) is 1.74. The summed E-state index contributed by atoms with van der Waals surface area (Å²) in [5, 5.41) is 3.62. The van der Waals surface area contributed by atoms with Crippen LogP contribution >= 0.6 is 0 Å². The Morgan fingerprint density at radius 3 is 2.41 bits per heavy atom. The standard InChI is InChI=1S/C22H22F2N4O/c1-15(22(29)26-18-5-2-16(23)3-6-18)27-10-12-28(13-11-27)21-8-9-25-20-7-4-17(24)14-19(20)21/h2-9,14-15H,10-13H2,1H3,(H,26,29). The van der Waals surface area contributed by atoms with Crippen LogP contribution in [0, 0.1) is 11.6 Å². The van der Waals surface area contributed by atoms with Gasteiger partial charge in [0.1, 0.15) is 11.6 Å². The third-order valence-electron chi connectivity index (χ3n) is 5.37. The van der Waals surface area contributed by atoms with Gasteiger partial charge in [-0.15, -0.1) is 0 Å². The number of carbonyl (C=O) groups is 1. The van der Waals surface area contributed by atoms with Crippen molar-refractivity contribution >= 4 is 28.2 Å². The summed E-state index contributed by atoms with van der Waals surface area (Å²) < 4.78 is 26.7. The van der Waals surface area contributed by atoms with E-state index in [2.05, 4.69) is 20.1 Å². The minimum Gasteiger partial charge on any atom is -0.368 e. The third kappa shape index (κ3) is 4.19. The first-order valence-electron chi connectivity index (χ1n) is 9.61. The molecular weight excluding hydrogens is 374 g/mol. The molecule has 1 atom stereocenters. The molecule has 0 radical (unpaired) electrons. The first kappa shape index (κ1) is 19.3. The summed E-state index contributed by atoms with van der Waals surface area (Å²) in [5.74, 6) is -0.742. The number of rotatable bonds is 4. The molecule has 150 valence electrons. The highest BCUT2D eigenvalue weighted by molar-refractivity contribution is 5.94. The summed E-state index contributed by atoms with van der Waals surface area (Å²) in [6, 6.07) is 11.9. The summed E-state index contributed by atoms with van der Waals surface area (Å²) in [6.45, 7) is 4.73. The smallest absolute Gasteiger partial charge is 0.241 e. The van der Waals surface area contributed by atoms with Crippen LogP contribution in [0.4, 0.5) is 20.2 Å². The molecule has 7 heteroatoms. The number of hydrogen-bond donors (Lipinski definition) is 1. The number of pyridine rings is 1. The summed E-state index contributed by atoms with van der Waals surface area (Å²) >= 11 is 0. The van der Waals surface area contributed by atoms with Gasteiger partial charge >= 0.3 is 0 Å². The van der Waals surface area contributed by atoms with E-state index < -0.39 is 0 Å². The lowest BCUT2D eigenvalue weighted by molar-refractivity contribution is -0.120. The number of aromatic nitrogens is 1. The van der Waals surface area contributed by atoms with Gasteiger partial charge in [0.2, 0.25) is 5.91 Å². The number of carbonyl (C=O) groups excluding carboxylic acids is 1. The van der Waals surface area contributed by atoms with Crippen molar-refractivity contribution < 1.29 is 13.6 Å². The maximum atomic E-state index is 13.7. The Bertz CT molecular complexity index is 1020. The number of anilines is 2. The molecule has 0 saturated carbocycles. The molecule has 1 aliphatic rings. The molecule has 1 unspecified atom stereocenters. The first-order chi connectivity index (χ1) is 14.0. The Labute approximate surface area is 168 Å². The van der Waals surface area contributed by atoms with Gasteiger partial charge in [-0.1, -0.05) is 0 Å². The largest absolute Gasteiger partial charge is 0.368 e. The lowest BCUT2D eigenvalue weighted by Gasteiger charge is -2.38. The normalized spacial score (nSPS) is 16.0. The van der Waals surface area contributed by atoms with Gasteiger partial charge in [-0.25, -0.2) is 8.78 Å². The molecule has 0 bridgehead atoms. The van der Waals surface area contributed by atoms with Gasteiger partial charge in [0.15, 0.2) is 0 Å². The van der Waals surface area contributed by atoms with Gasteiger partial charge in [-0.2, -0.15) is 0 Å². The minimum absolute atomic E-state index is 0.124. The molecule has 1 saturated heterocycles. The van der Waals surface area contributed by atoms with Crippen molar-refractivity contribution in [3.05, 3.63) is 66.4 Å². The number of piperazine rings is 1. The average Bonchev–Trinajstić information content (AvgIpc) is 2.74. The fourth-order valence-electron chi connectivity index (χ4n) is 3.68. The van der Waals surface area contributed by atoms with Crippen LogP contribution in [0.1, 0.15) is 6.92 Å². The average molecular weight is 396 g/mol. The van der Waals surface area contributed by atoms with E-state index in [0.29, 0.717) is 18.8 Å². The second-order valence-corrected chi connectivity index (χ2v) is 7.19. The Morgan fingerprint density at radius 1 is 1.00 bits per heavy atom. The number of hydrogen-bond acceptors (Lipinski definition) is 4. The first-order valence-corrected chi connectivity index (χ1v) is 9.61. The number of fused-ring (bicyclic) bond motifs is 1. The molecule has 2 aromatic carbocycles. The Balaban J connectivity index is 1.41. The molecule has 2 heterocycles. The summed E-state index contributed by atoms with van der Waals surface area (Å²) in [7, 11) is 0. The topological polar surface area (TPSA) is 48.5 Å². The summed E-state index contributed by atoms with van der Waals surface area (Å²) in [4.78, 5) is 21.2. The predicted molar refractivity (Wildman–Crippen MR) is 110 cm³/mol.